The van der Waals surface area contributed by atoms with Crippen LogP contribution < -0.4 is 0 Å². The zero-order chi connectivity index (χ0) is 22.7. The number of aryl methyl sites for hydroxylation is 1. The summed E-state index contributed by atoms with van der Waals surface area (Å²) in [7, 11) is 0. The van der Waals surface area contributed by atoms with Crippen LogP contribution in [0.15, 0.2) is 48.8 Å². The van der Waals surface area contributed by atoms with Gasteiger partial charge < -0.3 is 5.11 Å². The van der Waals surface area contributed by atoms with Crippen molar-refractivity contribution in [3.63, 3.8) is 0 Å². The summed E-state index contributed by atoms with van der Waals surface area (Å²) >= 11 is 0. The van der Waals surface area contributed by atoms with Crippen molar-refractivity contribution in [1.29, 1.82) is 5.26 Å². The number of hydrogen-bond acceptors (Lipinski definition) is 5. The van der Waals surface area contributed by atoms with Crippen LogP contribution in [0.5, 0.6) is 0 Å². The topological polar surface area (TPSA) is 91.8 Å². The van der Waals surface area contributed by atoms with Crippen LogP contribution in [-0.2, 0) is 18.3 Å². The number of benzene rings is 1. The maximum Gasteiger partial charge on any atom is 0.170 e. The second-order valence-electron chi connectivity index (χ2n) is 8.65. The predicted octanol–water partition coefficient (Wildman–Crippen LogP) is 4.26. The Bertz CT molecular complexity index is 1130. The van der Waals surface area contributed by atoms with Gasteiger partial charge in [-0.15, -0.1) is 0 Å². The number of Topliss-reactive ketones (excluding diaryl/α,β-unsaturated/α-hetero) is 1. The summed E-state index contributed by atoms with van der Waals surface area (Å²) in [5, 5.41) is 24.0. The number of hydrogen-bond donors (Lipinski definition) is 1. The van der Waals surface area contributed by atoms with Gasteiger partial charge in [0.05, 0.1) is 46.4 Å². The smallest absolute Gasteiger partial charge is 0.170 e. The SMILES string of the molecule is CCc1ccc(-n2ncc(C(=O)Cc3ccc(C4(C#N)CCC(O)CC4)nc3)c2C)cc1. The van der Waals surface area contributed by atoms with Crippen LogP contribution in [-0.4, -0.2) is 31.8 Å². The van der Waals surface area contributed by atoms with E-state index in [-0.39, 0.29) is 18.3 Å². The largest absolute Gasteiger partial charge is 0.393 e. The van der Waals surface area contributed by atoms with Crippen molar-refractivity contribution in [1.82, 2.24) is 14.8 Å². The van der Waals surface area contributed by atoms with E-state index in [4.69, 9.17) is 0 Å². The van der Waals surface area contributed by atoms with Crippen molar-refractivity contribution >= 4 is 5.78 Å². The zero-order valence-corrected chi connectivity index (χ0v) is 18.6. The molecule has 2 heterocycles. The lowest BCUT2D eigenvalue weighted by molar-refractivity contribution is 0.0991. The molecule has 1 aliphatic carbocycles. The lowest BCUT2D eigenvalue weighted by atomic mass is 9.72. The number of carbonyl (C=O) groups is 1. The summed E-state index contributed by atoms with van der Waals surface area (Å²) in [6, 6.07) is 14.3. The van der Waals surface area contributed by atoms with Crippen LogP contribution in [0.2, 0.25) is 0 Å². The number of ketones is 1. The molecule has 164 valence electrons. The van der Waals surface area contributed by atoms with Crippen LogP contribution in [0.25, 0.3) is 5.69 Å². The molecule has 0 bridgehead atoms. The highest BCUT2D eigenvalue weighted by molar-refractivity contribution is 5.98. The fourth-order valence-electron chi connectivity index (χ4n) is 4.43. The quantitative estimate of drug-likeness (QED) is 0.592. The van der Waals surface area contributed by atoms with Gasteiger partial charge in [-0.25, -0.2) is 4.68 Å². The molecule has 0 atom stereocenters. The number of aromatic nitrogens is 3. The molecular weight excluding hydrogens is 400 g/mol. The van der Waals surface area contributed by atoms with Crippen LogP contribution >= 0.6 is 0 Å². The van der Waals surface area contributed by atoms with E-state index >= 15 is 0 Å². The Morgan fingerprint density at radius 2 is 1.84 bits per heavy atom. The molecule has 32 heavy (non-hydrogen) atoms. The average Bonchev–Trinajstić information content (AvgIpc) is 3.22. The molecule has 0 aliphatic heterocycles. The fourth-order valence-corrected chi connectivity index (χ4v) is 4.43. The van der Waals surface area contributed by atoms with E-state index < -0.39 is 5.41 Å². The van der Waals surface area contributed by atoms with Gasteiger partial charge in [-0.2, -0.15) is 10.4 Å². The molecule has 3 aromatic rings. The normalized spacial score (nSPS) is 20.6. The molecule has 1 aliphatic rings. The van der Waals surface area contributed by atoms with E-state index in [1.807, 2.05) is 31.2 Å². The van der Waals surface area contributed by atoms with Crippen molar-refractivity contribution in [2.45, 2.75) is 63.9 Å². The average molecular weight is 429 g/mol. The van der Waals surface area contributed by atoms with Crippen LogP contribution in [0.1, 0.15) is 65.5 Å². The minimum atomic E-state index is -0.646. The zero-order valence-electron chi connectivity index (χ0n) is 18.6. The first kappa shape index (κ1) is 21.9. The summed E-state index contributed by atoms with van der Waals surface area (Å²) < 4.78 is 1.79. The minimum Gasteiger partial charge on any atom is -0.393 e. The van der Waals surface area contributed by atoms with Gasteiger partial charge in [-0.05, 0) is 68.4 Å². The Morgan fingerprint density at radius 1 is 1.16 bits per heavy atom. The fraction of sp³-hybridized carbons (Fsp3) is 0.385. The molecule has 0 radical (unpaired) electrons. The van der Waals surface area contributed by atoms with Gasteiger partial charge in [0, 0.05) is 12.6 Å². The van der Waals surface area contributed by atoms with Crippen LogP contribution in [0, 0.1) is 18.3 Å². The summed E-state index contributed by atoms with van der Waals surface area (Å²) in [5.74, 6) is -0.00994. The molecule has 1 aromatic carbocycles. The number of nitrogens with zero attached hydrogens (tertiary/aromatic N) is 4. The molecule has 0 spiro atoms. The third-order valence-electron chi connectivity index (χ3n) is 6.60. The van der Waals surface area contributed by atoms with Gasteiger partial charge in [0.15, 0.2) is 5.78 Å². The number of aliphatic hydroxyl groups is 1. The van der Waals surface area contributed by atoms with Gasteiger partial charge in [0.2, 0.25) is 0 Å². The molecule has 2 aromatic heterocycles. The lowest BCUT2D eigenvalue weighted by Gasteiger charge is -2.32. The second kappa shape index (κ2) is 9.05. The summed E-state index contributed by atoms with van der Waals surface area (Å²) in [6.45, 7) is 4.02. The summed E-state index contributed by atoms with van der Waals surface area (Å²) in [5.41, 5.74) is 4.49. The Balaban J connectivity index is 1.49. The Hall–Kier alpha value is -3.30. The first-order valence-electron chi connectivity index (χ1n) is 11.2. The monoisotopic (exact) mass is 428 g/mol. The van der Waals surface area contributed by atoms with E-state index in [0.717, 1.165) is 29.1 Å². The molecule has 1 fully saturated rings. The van der Waals surface area contributed by atoms with Crippen molar-refractivity contribution < 1.29 is 9.90 Å². The molecule has 0 unspecified atom stereocenters. The summed E-state index contributed by atoms with van der Waals surface area (Å²) in [4.78, 5) is 17.5. The third-order valence-corrected chi connectivity index (χ3v) is 6.60. The summed E-state index contributed by atoms with van der Waals surface area (Å²) in [6.07, 6.45) is 6.63. The molecule has 0 amide bonds. The maximum absolute atomic E-state index is 13.0. The van der Waals surface area contributed by atoms with Crippen molar-refractivity contribution in [3.8, 4) is 11.8 Å². The molecule has 6 heteroatoms. The first-order chi connectivity index (χ1) is 15.5. The van der Waals surface area contributed by atoms with Crippen molar-refractivity contribution in [2.24, 2.45) is 0 Å². The Morgan fingerprint density at radius 3 is 2.44 bits per heavy atom. The standard InChI is InChI=1S/C26H28N4O2/c1-3-19-4-7-21(8-5-19)30-18(2)23(16-29-30)24(32)14-20-6-9-25(28-15-20)26(17-27)12-10-22(31)11-13-26/h4-9,15-16,22,31H,3,10-14H2,1-2H3. The van der Waals surface area contributed by atoms with E-state index in [9.17, 15) is 15.2 Å². The van der Waals surface area contributed by atoms with E-state index in [0.29, 0.717) is 31.2 Å². The number of carbonyl (C=O) groups excluding carboxylic acids is 1. The van der Waals surface area contributed by atoms with Gasteiger partial charge in [-0.3, -0.25) is 9.78 Å². The Labute approximate surface area is 188 Å². The molecule has 1 N–H and O–H groups in total. The lowest BCUT2D eigenvalue weighted by Crippen LogP contribution is -2.33. The van der Waals surface area contributed by atoms with Crippen molar-refractivity contribution in [2.75, 3.05) is 0 Å². The van der Waals surface area contributed by atoms with Crippen molar-refractivity contribution in [3.05, 3.63) is 76.9 Å². The second-order valence-corrected chi connectivity index (χ2v) is 8.65. The minimum absolute atomic E-state index is 0.00994. The molecule has 6 nitrogen and oxygen atoms in total. The Kier molecular flexibility index (Phi) is 6.20. The number of aliphatic hydroxyl groups excluding tert-OH is 1. The highest BCUT2D eigenvalue weighted by Gasteiger charge is 2.37. The number of pyridine rings is 1. The van der Waals surface area contributed by atoms with Gasteiger partial charge >= 0.3 is 0 Å². The molecule has 1 saturated carbocycles. The molecule has 0 saturated heterocycles. The van der Waals surface area contributed by atoms with E-state index in [1.165, 1.54) is 5.56 Å². The molecule has 4 rings (SSSR count). The van der Waals surface area contributed by atoms with Gasteiger partial charge in [0.1, 0.15) is 0 Å². The van der Waals surface area contributed by atoms with Gasteiger partial charge in [0.25, 0.3) is 0 Å². The van der Waals surface area contributed by atoms with E-state index in [2.05, 4.69) is 35.2 Å². The van der Waals surface area contributed by atoms with Crippen LogP contribution in [0.3, 0.4) is 0 Å². The highest BCUT2D eigenvalue weighted by atomic mass is 16.3. The van der Waals surface area contributed by atoms with Gasteiger partial charge in [-0.1, -0.05) is 25.1 Å². The first-order valence-corrected chi connectivity index (χ1v) is 11.2. The third kappa shape index (κ3) is 4.21. The number of rotatable bonds is 6. The predicted molar refractivity (Wildman–Crippen MR) is 122 cm³/mol. The van der Waals surface area contributed by atoms with Crippen LogP contribution in [0.4, 0.5) is 0 Å². The molecular formula is C26H28N4O2. The maximum atomic E-state index is 13.0. The number of nitriles is 1. The highest BCUT2D eigenvalue weighted by Crippen LogP contribution is 2.38. The van der Waals surface area contributed by atoms with E-state index in [1.54, 1.807) is 17.1 Å².